The van der Waals surface area contributed by atoms with Gasteiger partial charge in [-0.15, -0.1) is 0 Å². The predicted octanol–water partition coefficient (Wildman–Crippen LogP) is 3.80. The molecule has 1 aliphatic carbocycles. The minimum atomic E-state index is -1.08. The van der Waals surface area contributed by atoms with E-state index in [-0.39, 0.29) is 12.0 Å². The van der Waals surface area contributed by atoms with Crippen LogP contribution in [-0.4, -0.2) is 39.2 Å². The van der Waals surface area contributed by atoms with E-state index in [1.807, 2.05) is 20.8 Å². The first kappa shape index (κ1) is 18.3. The van der Waals surface area contributed by atoms with Crippen LogP contribution in [0.15, 0.2) is 0 Å². The fraction of sp³-hybridized carbons (Fsp3) is 0.938. The molecule has 2 fully saturated rings. The fourth-order valence-electron chi connectivity index (χ4n) is 4.11. The number of nitrogens with one attached hydrogen (secondary N) is 1. The van der Waals surface area contributed by atoms with Crippen LogP contribution in [0.2, 0.25) is 0 Å². The number of carbonyl (C=O) groups excluding carboxylic acids is 1. The van der Waals surface area contributed by atoms with Crippen molar-refractivity contribution in [3.05, 3.63) is 0 Å². The van der Waals surface area contributed by atoms with Crippen molar-refractivity contribution in [1.29, 1.82) is 0 Å². The lowest BCUT2D eigenvalue weighted by Gasteiger charge is -2.44. The molecule has 2 atom stereocenters. The number of carbonyl (C=O) groups is 1. The Morgan fingerprint density at radius 3 is 2.36 bits per heavy atom. The Morgan fingerprint density at radius 1 is 1.27 bits per heavy atom. The number of hydrogen-bond donors (Lipinski definition) is 1. The number of amides is 1. The first-order chi connectivity index (χ1) is 10.2. The summed E-state index contributed by atoms with van der Waals surface area (Å²) in [5.74, 6) is -0.296. The van der Waals surface area contributed by atoms with Gasteiger partial charge in [0.15, 0.2) is 4.84 Å². The third-order valence-corrected chi connectivity index (χ3v) is 5.31. The van der Waals surface area contributed by atoms with Crippen molar-refractivity contribution >= 4 is 29.1 Å². The van der Waals surface area contributed by atoms with E-state index < -0.39 is 16.2 Å². The minimum Gasteiger partial charge on any atom is -0.349 e. The topological polar surface area (TPSA) is 41.6 Å². The van der Waals surface area contributed by atoms with Gasteiger partial charge in [0.05, 0.1) is 6.10 Å². The molecular formula is C16H28Cl2N2O2. The maximum absolute atomic E-state index is 12.6. The second-order valence-electron chi connectivity index (χ2n) is 7.06. The third-order valence-electron chi connectivity index (χ3n) is 4.94. The Labute approximate surface area is 143 Å². The molecule has 0 spiro atoms. The summed E-state index contributed by atoms with van der Waals surface area (Å²) in [7, 11) is 0. The number of ether oxygens (including phenoxy) is 1. The zero-order valence-corrected chi connectivity index (χ0v) is 15.5. The number of halogens is 2. The Morgan fingerprint density at radius 2 is 1.86 bits per heavy atom. The Kier molecular flexibility index (Phi) is 5.69. The quantitative estimate of drug-likeness (QED) is 0.784. The summed E-state index contributed by atoms with van der Waals surface area (Å²) in [5, 5.41) is 3.70. The highest BCUT2D eigenvalue weighted by molar-refractivity contribution is 6.53. The molecule has 128 valence electrons. The van der Waals surface area contributed by atoms with Gasteiger partial charge in [-0.25, -0.2) is 0 Å². The lowest BCUT2D eigenvalue weighted by molar-refractivity contribution is -0.149. The Bertz CT molecular complexity index is 411. The summed E-state index contributed by atoms with van der Waals surface area (Å²) in [6, 6.07) is 0.407. The van der Waals surface area contributed by atoms with Crippen LogP contribution < -0.4 is 5.32 Å². The molecule has 2 unspecified atom stereocenters. The second kappa shape index (κ2) is 6.84. The van der Waals surface area contributed by atoms with Crippen LogP contribution in [0, 0.1) is 0 Å². The summed E-state index contributed by atoms with van der Waals surface area (Å²) < 4.78 is 6.16. The van der Waals surface area contributed by atoms with Crippen LogP contribution in [0.1, 0.15) is 66.2 Å². The number of rotatable bonds is 4. The van der Waals surface area contributed by atoms with Crippen molar-refractivity contribution in [2.24, 2.45) is 0 Å². The zero-order chi connectivity index (χ0) is 16.5. The van der Waals surface area contributed by atoms with Gasteiger partial charge in [0, 0.05) is 6.04 Å². The van der Waals surface area contributed by atoms with Gasteiger partial charge >= 0.3 is 0 Å². The molecule has 0 aromatic rings. The molecule has 22 heavy (non-hydrogen) atoms. The maximum Gasteiger partial charge on any atom is 0.259 e. The molecule has 1 saturated heterocycles. The predicted molar refractivity (Wildman–Crippen MR) is 90.0 cm³/mol. The minimum absolute atomic E-state index is 0.0829. The van der Waals surface area contributed by atoms with Crippen molar-refractivity contribution < 1.29 is 9.53 Å². The van der Waals surface area contributed by atoms with Crippen LogP contribution in [-0.2, 0) is 9.53 Å². The van der Waals surface area contributed by atoms with E-state index in [2.05, 4.69) is 12.2 Å². The third kappa shape index (κ3) is 3.40. The summed E-state index contributed by atoms with van der Waals surface area (Å²) in [5.41, 5.74) is -1.31. The lowest BCUT2D eigenvalue weighted by atomic mass is 9.92. The second-order valence-corrected chi connectivity index (χ2v) is 8.16. The summed E-state index contributed by atoms with van der Waals surface area (Å²) in [6.07, 6.45) is 6.77. The molecule has 2 aliphatic rings. The standard InChI is InChI=1S/C16H28Cl2N2O2/c1-5-12-16(4,19-11-9-7-6-8-10-11)20(14(21)13(17)18)15(2,3)22-12/h11-13,19H,5-10H2,1-4H3. The molecule has 1 saturated carbocycles. The van der Waals surface area contributed by atoms with E-state index in [0.717, 1.165) is 19.3 Å². The molecule has 4 nitrogen and oxygen atoms in total. The molecule has 1 amide bonds. The fourth-order valence-corrected chi connectivity index (χ4v) is 4.30. The van der Waals surface area contributed by atoms with Crippen molar-refractivity contribution in [3.8, 4) is 0 Å². The van der Waals surface area contributed by atoms with Gasteiger partial charge in [-0.2, -0.15) is 0 Å². The van der Waals surface area contributed by atoms with E-state index in [1.165, 1.54) is 19.3 Å². The largest absolute Gasteiger partial charge is 0.349 e. The Balaban J connectivity index is 2.30. The molecule has 0 radical (unpaired) electrons. The monoisotopic (exact) mass is 350 g/mol. The molecule has 0 bridgehead atoms. The smallest absolute Gasteiger partial charge is 0.259 e. The van der Waals surface area contributed by atoms with Crippen molar-refractivity contribution in [3.63, 3.8) is 0 Å². The molecule has 6 heteroatoms. The van der Waals surface area contributed by atoms with Crippen LogP contribution in [0.5, 0.6) is 0 Å². The molecule has 1 heterocycles. The number of alkyl halides is 2. The van der Waals surface area contributed by atoms with Gasteiger partial charge in [-0.1, -0.05) is 49.4 Å². The van der Waals surface area contributed by atoms with Gasteiger partial charge < -0.3 is 4.74 Å². The molecule has 1 aliphatic heterocycles. The highest BCUT2D eigenvalue weighted by Gasteiger charge is 2.58. The number of nitrogens with zero attached hydrogens (tertiary/aromatic N) is 1. The SMILES string of the molecule is CCC1OC(C)(C)N(C(=O)C(Cl)Cl)C1(C)NC1CCCCC1. The van der Waals surface area contributed by atoms with Gasteiger partial charge in [-0.05, 0) is 40.0 Å². The van der Waals surface area contributed by atoms with Crippen LogP contribution in [0.3, 0.4) is 0 Å². The van der Waals surface area contributed by atoms with E-state index in [9.17, 15) is 4.79 Å². The number of hydrogen-bond acceptors (Lipinski definition) is 3. The molecule has 0 aromatic carbocycles. The summed E-state index contributed by atoms with van der Waals surface area (Å²) >= 11 is 11.8. The first-order valence-corrected chi connectivity index (χ1v) is 9.17. The van der Waals surface area contributed by atoms with Crippen LogP contribution >= 0.6 is 23.2 Å². The van der Waals surface area contributed by atoms with Gasteiger partial charge in [-0.3, -0.25) is 15.0 Å². The lowest BCUT2D eigenvalue weighted by Crippen LogP contribution is -2.66. The van der Waals surface area contributed by atoms with Crippen LogP contribution in [0.4, 0.5) is 0 Å². The average Bonchev–Trinajstić information content (AvgIpc) is 2.65. The summed E-state index contributed by atoms with van der Waals surface area (Å²) in [6.45, 7) is 7.92. The van der Waals surface area contributed by atoms with E-state index in [1.54, 1.807) is 4.90 Å². The van der Waals surface area contributed by atoms with Crippen LogP contribution in [0.25, 0.3) is 0 Å². The molecule has 0 aromatic heterocycles. The maximum atomic E-state index is 12.6. The average molecular weight is 351 g/mol. The highest BCUT2D eigenvalue weighted by atomic mass is 35.5. The van der Waals surface area contributed by atoms with E-state index in [4.69, 9.17) is 27.9 Å². The highest BCUT2D eigenvalue weighted by Crippen LogP contribution is 2.41. The van der Waals surface area contributed by atoms with Crippen molar-refractivity contribution in [2.45, 2.75) is 94.6 Å². The zero-order valence-electron chi connectivity index (χ0n) is 14.0. The Hall–Kier alpha value is -0.0300. The van der Waals surface area contributed by atoms with Gasteiger partial charge in [0.25, 0.3) is 5.91 Å². The van der Waals surface area contributed by atoms with Gasteiger partial charge in [0.1, 0.15) is 11.4 Å². The van der Waals surface area contributed by atoms with Gasteiger partial charge in [0.2, 0.25) is 0 Å². The van der Waals surface area contributed by atoms with E-state index >= 15 is 0 Å². The molecular weight excluding hydrogens is 323 g/mol. The molecule has 2 rings (SSSR count). The van der Waals surface area contributed by atoms with Crippen molar-refractivity contribution in [1.82, 2.24) is 10.2 Å². The molecule has 1 N–H and O–H groups in total. The van der Waals surface area contributed by atoms with E-state index in [0.29, 0.717) is 6.04 Å². The van der Waals surface area contributed by atoms with Crippen molar-refractivity contribution in [2.75, 3.05) is 0 Å². The first-order valence-electron chi connectivity index (χ1n) is 8.30. The summed E-state index contributed by atoms with van der Waals surface area (Å²) in [4.78, 5) is 13.3. The normalized spacial score (nSPS) is 32.7.